The van der Waals surface area contributed by atoms with Gasteiger partial charge in [0, 0.05) is 37.7 Å². The van der Waals surface area contributed by atoms with Gasteiger partial charge in [-0.25, -0.2) is 0 Å². The molecule has 1 atom stereocenters. The van der Waals surface area contributed by atoms with Gasteiger partial charge < -0.3 is 15.0 Å². The third-order valence-corrected chi connectivity index (χ3v) is 5.23. The molecule has 1 aliphatic rings. The van der Waals surface area contributed by atoms with Crippen molar-refractivity contribution in [2.75, 3.05) is 26.2 Å². The van der Waals surface area contributed by atoms with E-state index in [9.17, 15) is 14.9 Å². The lowest BCUT2D eigenvalue weighted by Crippen LogP contribution is -2.50. The maximum Gasteiger partial charge on any atom is 0.390 e. The average Bonchev–Trinajstić information content (AvgIpc) is 3.05. The zero-order valence-electron chi connectivity index (χ0n) is 15.3. The highest BCUT2D eigenvalue weighted by molar-refractivity contribution is 6.31. The largest absolute Gasteiger partial charge is 0.390 e. The Labute approximate surface area is 162 Å². The Hall–Kier alpha value is -2.45. The standard InChI is InChI=1S/C18H22ClN5O3/c1-13-11-17(24(26)27)20-23(13)14(2)18(25)22-9-7-21(8-10-22)12-15-5-3-4-6-16(15)19/h3-6,11,14H,7-10,12H2,1-2H3. The van der Waals surface area contributed by atoms with Crippen LogP contribution in [0.25, 0.3) is 0 Å². The van der Waals surface area contributed by atoms with E-state index in [1.807, 2.05) is 24.3 Å². The van der Waals surface area contributed by atoms with Crippen LogP contribution in [0.5, 0.6) is 0 Å². The second-order valence-electron chi connectivity index (χ2n) is 6.71. The lowest BCUT2D eigenvalue weighted by Gasteiger charge is -2.35. The monoisotopic (exact) mass is 391 g/mol. The second-order valence-corrected chi connectivity index (χ2v) is 7.12. The van der Waals surface area contributed by atoms with E-state index in [1.165, 1.54) is 10.7 Å². The molecule has 1 aliphatic heterocycles. The minimum Gasteiger partial charge on any atom is -0.358 e. The Morgan fingerprint density at radius 2 is 1.96 bits per heavy atom. The summed E-state index contributed by atoms with van der Waals surface area (Å²) in [7, 11) is 0. The average molecular weight is 392 g/mol. The number of carbonyl (C=O) groups is 1. The van der Waals surface area contributed by atoms with E-state index in [0.717, 1.165) is 30.2 Å². The Kier molecular flexibility index (Phi) is 5.76. The van der Waals surface area contributed by atoms with E-state index in [4.69, 9.17) is 11.6 Å². The quantitative estimate of drug-likeness (QED) is 0.577. The van der Waals surface area contributed by atoms with Crippen molar-refractivity contribution in [1.29, 1.82) is 0 Å². The number of hydrogen-bond donors (Lipinski definition) is 0. The summed E-state index contributed by atoms with van der Waals surface area (Å²) in [6, 6.07) is 8.57. The SMILES string of the molecule is Cc1cc([N+](=O)[O-])nn1C(C)C(=O)N1CCN(Cc2ccccc2Cl)CC1. The van der Waals surface area contributed by atoms with Crippen LogP contribution in [0.1, 0.15) is 24.2 Å². The first-order valence-corrected chi connectivity index (χ1v) is 9.19. The number of piperazine rings is 1. The van der Waals surface area contributed by atoms with Crippen molar-refractivity contribution in [2.45, 2.75) is 26.4 Å². The molecule has 0 N–H and O–H groups in total. The lowest BCUT2D eigenvalue weighted by atomic mass is 10.2. The van der Waals surface area contributed by atoms with Crippen LogP contribution in [0.3, 0.4) is 0 Å². The van der Waals surface area contributed by atoms with E-state index in [-0.39, 0.29) is 11.7 Å². The molecule has 27 heavy (non-hydrogen) atoms. The van der Waals surface area contributed by atoms with Crippen LogP contribution >= 0.6 is 11.6 Å². The maximum absolute atomic E-state index is 12.8. The van der Waals surface area contributed by atoms with Crippen molar-refractivity contribution >= 4 is 23.3 Å². The summed E-state index contributed by atoms with van der Waals surface area (Å²) >= 11 is 6.22. The van der Waals surface area contributed by atoms with E-state index in [0.29, 0.717) is 18.8 Å². The molecule has 1 unspecified atom stereocenters. The predicted molar refractivity (Wildman–Crippen MR) is 102 cm³/mol. The number of rotatable bonds is 5. The summed E-state index contributed by atoms with van der Waals surface area (Å²) in [4.78, 5) is 27.2. The highest BCUT2D eigenvalue weighted by atomic mass is 35.5. The number of benzene rings is 1. The third kappa shape index (κ3) is 4.28. The van der Waals surface area contributed by atoms with Gasteiger partial charge in [0.2, 0.25) is 5.91 Å². The first kappa shape index (κ1) is 19.3. The van der Waals surface area contributed by atoms with Crippen molar-refractivity contribution in [2.24, 2.45) is 0 Å². The van der Waals surface area contributed by atoms with Crippen LogP contribution < -0.4 is 0 Å². The van der Waals surface area contributed by atoms with Crippen LogP contribution in [-0.2, 0) is 11.3 Å². The van der Waals surface area contributed by atoms with E-state index < -0.39 is 11.0 Å². The molecule has 0 saturated carbocycles. The normalized spacial score (nSPS) is 16.3. The zero-order valence-corrected chi connectivity index (χ0v) is 16.1. The van der Waals surface area contributed by atoms with E-state index in [2.05, 4.69) is 10.00 Å². The molecule has 1 aromatic carbocycles. The van der Waals surface area contributed by atoms with Crippen LogP contribution in [0.2, 0.25) is 5.02 Å². The minimum atomic E-state index is -0.575. The Balaban J connectivity index is 1.59. The lowest BCUT2D eigenvalue weighted by molar-refractivity contribution is -0.389. The molecule has 9 heteroatoms. The first-order chi connectivity index (χ1) is 12.9. The Morgan fingerprint density at radius 3 is 2.56 bits per heavy atom. The molecule has 0 radical (unpaired) electrons. The fourth-order valence-corrected chi connectivity index (χ4v) is 3.51. The van der Waals surface area contributed by atoms with Crippen LogP contribution in [-0.4, -0.2) is 56.6 Å². The number of carbonyl (C=O) groups excluding carboxylic acids is 1. The second kappa shape index (κ2) is 8.06. The maximum atomic E-state index is 12.8. The molecule has 0 bridgehead atoms. The number of halogens is 1. The van der Waals surface area contributed by atoms with Gasteiger partial charge >= 0.3 is 5.82 Å². The highest BCUT2D eigenvalue weighted by Gasteiger charge is 2.30. The molecule has 8 nitrogen and oxygen atoms in total. The minimum absolute atomic E-state index is 0.0755. The molecular formula is C18H22ClN5O3. The molecule has 0 spiro atoms. The summed E-state index contributed by atoms with van der Waals surface area (Å²) in [6.45, 7) is 6.91. The smallest absolute Gasteiger partial charge is 0.358 e. The van der Waals surface area contributed by atoms with Gasteiger partial charge in [0.25, 0.3) is 0 Å². The molecular weight excluding hydrogens is 370 g/mol. The van der Waals surface area contributed by atoms with E-state index >= 15 is 0 Å². The fourth-order valence-electron chi connectivity index (χ4n) is 3.32. The molecule has 0 aliphatic carbocycles. The van der Waals surface area contributed by atoms with Gasteiger partial charge in [0.15, 0.2) is 0 Å². The number of nitro groups is 1. The molecule has 144 valence electrons. The summed E-state index contributed by atoms with van der Waals surface area (Å²) in [6.07, 6.45) is 0. The van der Waals surface area contributed by atoms with E-state index in [1.54, 1.807) is 18.7 Å². The molecule has 3 rings (SSSR count). The number of amides is 1. The van der Waals surface area contributed by atoms with Gasteiger partial charge in [-0.15, -0.1) is 0 Å². The van der Waals surface area contributed by atoms with Crippen LogP contribution in [0.15, 0.2) is 30.3 Å². The molecule has 1 aromatic heterocycles. The molecule has 2 aromatic rings. The summed E-state index contributed by atoms with van der Waals surface area (Å²) in [5.74, 6) is -0.315. The number of nitrogens with zero attached hydrogens (tertiary/aromatic N) is 5. The number of hydrogen-bond acceptors (Lipinski definition) is 5. The molecule has 1 fully saturated rings. The summed E-state index contributed by atoms with van der Waals surface area (Å²) < 4.78 is 1.43. The van der Waals surface area contributed by atoms with Crippen molar-refractivity contribution < 1.29 is 9.72 Å². The van der Waals surface area contributed by atoms with Crippen LogP contribution in [0.4, 0.5) is 5.82 Å². The van der Waals surface area contributed by atoms with Crippen molar-refractivity contribution in [3.8, 4) is 0 Å². The number of aryl methyl sites for hydroxylation is 1. The number of aromatic nitrogens is 2. The van der Waals surface area contributed by atoms with Gasteiger partial charge in [-0.3, -0.25) is 9.69 Å². The zero-order chi connectivity index (χ0) is 19.6. The Bertz CT molecular complexity index is 845. The highest BCUT2D eigenvalue weighted by Crippen LogP contribution is 2.20. The van der Waals surface area contributed by atoms with Crippen molar-refractivity contribution in [3.05, 3.63) is 56.7 Å². The van der Waals surface area contributed by atoms with Crippen LogP contribution in [0, 0.1) is 17.0 Å². The summed E-state index contributed by atoms with van der Waals surface area (Å²) in [5, 5.41) is 15.6. The third-order valence-electron chi connectivity index (χ3n) is 4.86. The molecule has 2 heterocycles. The fraction of sp³-hybridized carbons (Fsp3) is 0.444. The Morgan fingerprint density at radius 1 is 1.30 bits per heavy atom. The first-order valence-electron chi connectivity index (χ1n) is 8.82. The van der Waals surface area contributed by atoms with Crippen molar-refractivity contribution in [1.82, 2.24) is 19.6 Å². The summed E-state index contributed by atoms with van der Waals surface area (Å²) in [5.41, 5.74) is 1.67. The van der Waals surface area contributed by atoms with Gasteiger partial charge in [0.1, 0.15) is 6.04 Å². The van der Waals surface area contributed by atoms with Gasteiger partial charge in [-0.2, -0.15) is 4.68 Å². The molecule has 1 saturated heterocycles. The topological polar surface area (TPSA) is 84.5 Å². The predicted octanol–water partition coefficient (Wildman–Crippen LogP) is 2.66. The van der Waals surface area contributed by atoms with Gasteiger partial charge in [0.05, 0.1) is 16.9 Å². The molecule has 1 amide bonds. The van der Waals surface area contributed by atoms with Crippen molar-refractivity contribution in [3.63, 3.8) is 0 Å². The van der Waals surface area contributed by atoms with Gasteiger partial charge in [-0.1, -0.05) is 29.8 Å². The van der Waals surface area contributed by atoms with Gasteiger partial charge in [-0.05, 0) is 30.4 Å².